The smallest absolute Gasteiger partial charge is 0.178 e. The van der Waals surface area contributed by atoms with E-state index in [4.69, 9.17) is 0 Å². The molecule has 2 heteroatoms. The van der Waals surface area contributed by atoms with Crippen LogP contribution in [0.15, 0.2) is 48.8 Å². The van der Waals surface area contributed by atoms with Crippen molar-refractivity contribution in [2.24, 2.45) is 0 Å². The zero-order valence-electron chi connectivity index (χ0n) is 11.3. The van der Waals surface area contributed by atoms with Crippen LogP contribution in [0, 0.1) is 13.8 Å². The van der Waals surface area contributed by atoms with Gasteiger partial charge in [0.15, 0.2) is 23.8 Å². The molecule has 0 aliphatic carbocycles. The number of pyridine rings is 2. The van der Waals surface area contributed by atoms with Crippen LogP contribution in [0.3, 0.4) is 0 Å². The van der Waals surface area contributed by atoms with Crippen molar-refractivity contribution in [3.63, 3.8) is 0 Å². The second-order valence-corrected chi connectivity index (χ2v) is 4.78. The molecule has 0 aliphatic heterocycles. The molecule has 0 saturated heterocycles. The number of nitrogens with zero attached hydrogens (tertiary/aromatic N) is 2. The van der Waals surface area contributed by atoms with E-state index < -0.39 is 0 Å². The molecular weight excluding hydrogens is 220 g/mol. The van der Waals surface area contributed by atoms with Gasteiger partial charge in [0.1, 0.15) is 13.1 Å². The number of aromatic nitrogens is 2. The first-order chi connectivity index (χ1) is 8.77. The Bertz CT molecular complexity index is 458. The predicted octanol–water partition coefficient (Wildman–Crippen LogP) is 2.36. The van der Waals surface area contributed by atoms with Crippen LogP contribution in [0.5, 0.6) is 0 Å². The lowest BCUT2D eigenvalue weighted by molar-refractivity contribution is -0.713. The summed E-state index contributed by atoms with van der Waals surface area (Å²) in [5, 5.41) is 0. The van der Waals surface area contributed by atoms with Gasteiger partial charge in [0.2, 0.25) is 0 Å². The van der Waals surface area contributed by atoms with Crippen molar-refractivity contribution in [2.75, 3.05) is 0 Å². The molecule has 0 unspecified atom stereocenters. The topological polar surface area (TPSA) is 7.76 Å². The van der Waals surface area contributed by atoms with E-state index in [0.717, 1.165) is 13.1 Å². The van der Waals surface area contributed by atoms with Gasteiger partial charge >= 0.3 is 0 Å². The maximum absolute atomic E-state index is 2.32. The average molecular weight is 242 g/mol. The van der Waals surface area contributed by atoms with E-state index >= 15 is 0 Å². The molecule has 0 aromatic carbocycles. The summed E-state index contributed by atoms with van der Waals surface area (Å²) in [6.07, 6.45) is 6.76. The van der Waals surface area contributed by atoms with Crippen molar-refractivity contribution < 1.29 is 9.13 Å². The fraction of sp³-hybridized carbons (Fsp3) is 0.375. The monoisotopic (exact) mass is 242 g/mol. The van der Waals surface area contributed by atoms with Crippen molar-refractivity contribution in [3.8, 4) is 0 Å². The third kappa shape index (κ3) is 3.39. The van der Waals surface area contributed by atoms with Crippen molar-refractivity contribution in [2.45, 2.75) is 39.8 Å². The summed E-state index contributed by atoms with van der Waals surface area (Å²) in [5.74, 6) is 0. The Kier molecular flexibility index (Phi) is 4.46. The van der Waals surface area contributed by atoms with Crippen molar-refractivity contribution in [1.29, 1.82) is 0 Å². The van der Waals surface area contributed by atoms with Gasteiger partial charge in [-0.2, -0.15) is 0 Å². The molecule has 18 heavy (non-hydrogen) atoms. The quantitative estimate of drug-likeness (QED) is 0.562. The second kappa shape index (κ2) is 6.29. The first-order valence-corrected chi connectivity index (χ1v) is 6.67. The lowest BCUT2D eigenvalue weighted by Gasteiger charge is -2.01. The molecule has 0 bridgehead atoms. The highest BCUT2D eigenvalue weighted by atomic mass is 15.0. The normalized spacial score (nSPS) is 10.6. The van der Waals surface area contributed by atoms with Crippen LogP contribution in [0.1, 0.15) is 24.2 Å². The minimum Gasteiger partial charge on any atom is -0.203 e. The largest absolute Gasteiger partial charge is 0.203 e. The summed E-state index contributed by atoms with van der Waals surface area (Å²) < 4.78 is 4.64. The van der Waals surface area contributed by atoms with Crippen LogP contribution < -0.4 is 9.13 Å². The number of hydrogen-bond acceptors (Lipinski definition) is 0. The molecule has 0 fully saturated rings. The lowest BCUT2D eigenvalue weighted by Crippen LogP contribution is -2.39. The van der Waals surface area contributed by atoms with Gasteiger partial charge in [-0.15, -0.1) is 0 Å². The third-order valence-electron chi connectivity index (χ3n) is 3.38. The highest BCUT2D eigenvalue weighted by Gasteiger charge is 2.07. The molecule has 0 spiro atoms. The molecule has 0 N–H and O–H groups in total. The molecule has 0 aliphatic rings. The van der Waals surface area contributed by atoms with Gasteiger partial charge in [-0.25, -0.2) is 9.13 Å². The summed E-state index contributed by atoms with van der Waals surface area (Å²) >= 11 is 0. The van der Waals surface area contributed by atoms with Gasteiger partial charge in [0.25, 0.3) is 0 Å². The number of aryl methyl sites for hydroxylation is 4. The molecule has 0 saturated carbocycles. The van der Waals surface area contributed by atoms with Crippen LogP contribution in [0.2, 0.25) is 0 Å². The van der Waals surface area contributed by atoms with Crippen molar-refractivity contribution in [3.05, 3.63) is 60.2 Å². The summed E-state index contributed by atoms with van der Waals surface area (Å²) in [7, 11) is 0. The van der Waals surface area contributed by atoms with Crippen LogP contribution >= 0.6 is 0 Å². The maximum Gasteiger partial charge on any atom is 0.178 e. The third-order valence-corrected chi connectivity index (χ3v) is 3.38. The predicted molar refractivity (Wildman–Crippen MR) is 72.0 cm³/mol. The molecular formula is C16H22N2+2. The Morgan fingerprint density at radius 2 is 1.17 bits per heavy atom. The summed E-state index contributed by atoms with van der Waals surface area (Å²) in [4.78, 5) is 0. The van der Waals surface area contributed by atoms with E-state index in [1.807, 2.05) is 0 Å². The van der Waals surface area contributed by atoms with E-state index in [2.05, 4.69) is 71.8 Å². The Hall–Kier alpha value is -1.70. The van der Waals surface area contributed by atoms with Crippen LogP contribution in [-0.2, 0) is 13.1 Å². The van der Waals surface area contributed by atoms with Gasteiger partial charge in [-0.3, -0.25) is 0 Å². The Morgan fingerprint density at radius 1 is 0.722 bits per heavy atom. The van der Waals surface area contributed by atoms with Crippen LogP contribution in [0.4, 0.5) is 0 Å². The molecule has 94 valence electrons. The zero-order valence-corrected chi connectivity index (χ0v) is 11.3. The van der Waals surface area contributed by atoms with Gasteiger partial charge < -0.3 is 0 Å². The Morgan fingerprint density at radius 3 is 1.56 bits per heavy atom. The van der Waals surface area contributed by atoms with Crippen LogP contribution in [-0.4, -0.2) is 0 Å². The first kappa shape index (κ1) is 12.7. The number of hydrogen-bond donors (Lipinski definition) is 0. The van der Waals surface area contributed by atoms with Gasteiger partial charge in [0, 0.05) is 51.0 Å². The standard InChI is InChI=1S/C16H22N2/c1-15-9-3-5-11-17(15)13-7-8-14-18-12-6-4-10-16(18)2/h3-6,9-12H,7-8,13-14H2,1-2H3/q+2. The van der Waals surface area contributed by atoms with Crippen molar-refractivity contribution in [1.82, 2.24) is 0 Å². The summed E-state index contributed by atoms with van der Waals surface area (Å²) in [6.45, 7) is 6.55. The molecule has 2 rings (SSSR count). The molecule has 0 amide bonds. The second-order valence-electron chi connectivity index (χ2n) is 4.78. The average Bonchev–Trinajstić information content (AvgIpc) is 2.38. The minimum absolute atomic E-state index is 1.11. The molecule has 2 aromatic heterocycles. The fourth-order valence-electron chi connectivity index (χ4n) is 2.19. The first-order valence-electron chi connectivity index (χ1n) is 6.67. The van der Waals surface area contributed by atoms with E-state index in [1.54, 1.807) is 0 Å². The molecule has 2 aromatic rings. The van der Waals surface area contributed by atoms with Gasteiger partial charge in [0.05, 0.1) is 0 Å². The van der Waals surface area contributed by atoms with Gasteiger partial charge in [-0.1, -0.05) is 12.1 Å². The molecule has 0 radical (unpaired) electrons. The summed E-state index contributed by atoms with van der Waals surface area (Å²) in [6, 6.07) is 12.7. The Labute approximate surface area is 110 Å². The van der Waals surface area contributed by atoms with Gasteiger partial charge in [-0.05, 0) is 0 Å². The number of rotatable bonds is 5. The minimum atomic E-state index is 1.11. The highest BCUT2D eigenvalue weighted by molar-refractivity contribution is 4.94. The van der Waals surface area contributed by atoms with Crippen molar-refractivity contribution >= 4 is 0 Å². The zero-order chi connectivity index (χ0) is 12.8. The highest BCUT2D eigenvalue weighted by Crippen LogP contribution is 1.95. The number of unbranched alkanes of at least 4 members (excludes halogenated alkanes) is 1. The Balaban J connectivity index is 1.80. The van der Waals surface area contributed by atoms with E-state index in [1.165, 1.54) is 24.2 Å². The lowest BCUT2D eigenvalue weighted by atomic mass is 10.2. The van der Waals surface area contributed by atoms with E-state index in [9.17, 15) is 0 Å². The molecule has 2 nitrogen and oxygen atoms in total. The molecule has 0 atom stereocenters. The van der Waals surface area contributed by atoms with E-state index in [-0.39, 0.29) is 0 Å². The SMILES string of the molecule is Cc1cccc[n+]1CCCC[n+]1ccccc1C. The van der Waals surface area contributed by atoms with E-state index in [0.29, 0.717) is 0 Å². The summed E-state index contributed by atoms with van der Waals surface area (Å²) in [5.41, 5.74) is 2.67. The molecule has 2 heterocycles. The fourth-order valence-corrected chi connectivity index (χ4v) is 2.19. The van der Waals surface area contributed by atoms with Crippen LogP contribution in [0.25, 0.3) is 0 Å². The maximum atomic E-state index is 2.32.